The fourth-order valence-corrected chi connectivity index (χ4v) is 2.82. The fourth-order valence-electron chi connectivity index (χ4n) is 2.82. The standard InChI is InChI=1S/C18H15N5O2/c24-16(9-11-10-19-14-7-3-1-5-12(11)14)21-23-18(25)17-13-6-2-4-8-15(13)20-22-17/h1-8,10,19H,9H2,(H,20,22)(H,21,24)(H,23,25). The van der Waals surface area contributed by atoms with E-state index in [1.165, 1.54) is 0 Å². The van der Waals surface area contributed by atoms with Crippen LogP contribution in [0.1, 0.15) is 16.1 Å². The van der Waals surface area contributed by atoms with Crippen LogP contribution in [0.25, 0.3) is 21.8 Å². The molecule has 0 fully saturated rings. The number of carbonyl (C=O) groups excluding carboxylic acids is 2. The molecular formula is C18H15N5O2. The second-order valence-electron chi connectivity index (χ2n) is 5.66. The smallest absolute Gasteiger partial charge is 0.290 e. The second-order valence-corrected chi connectivity index (χ2v) is 5.66. The lowest BCUT2D eigenvalue weighted by Gasteiger charge is -2.06. The van der Waals surface area contributed by atoms with Gasteiger partial charge in [0.15, 0.2) is 5.69 Å². The quantitative estimate of drug-likeness (QED) is 0.431. The molecular weight excluding hydrogens is 318 g/mol. The molecule has 4 aromatic rings. The van der Waals surface area contributed by atoms with Crippen LogP contribution in [0.15, 0.2) is 54.7 Å². The molecule has 0 spiro atoms. The van der Waals surface area contributed by atoms with Gasteiger partial charge in [0.1, 0.15) is 0 Å². The molecule has 124 valence electrons. The van der Waals surface area contributed by atoms with Gasteiger partial charge in [0.05, 0.1) is 11.9 Å². The summed E-state index contributed by atoms with van der Waals surface area (Å²) in [5, 5.41) is 8.47. The third-order valence-electron chi connectivity index (χ3n) is 4.03. The molecule has 0 aliphatic rings. The van der Waals surface area contributed by atoms with Gasteiger partial charge in [-0.25, -0.2) is 0 Å². The van der Waals surface area contributed by atoms with E-state index < -0.39 is 5.91 Å². The van der Waals surface area contributed by atoms with Crippen molar-refractivity contribution < 1.29 is 9.59 Å². The number of hydrazine groups is 1. The molecule has 0 aliphatic heterocycles. The summed E-state index contributed by atoms with van der Waals surface area (Å²) in [6.45, 7) is 0. The number of para-hydroxylation sites is 2. The Morgan fingerprint density at radius 3 is 2.48 bits per heavy atom. The summed E-state index contributed by atoms with van der Waals surface area (Å²) in [4.78, 5) is 27.5. The minimum absolute atomic E-state index is 0.158. The molecule has 0 unspecified atom stereocenters. The van der Waals surface area contributed by atoms with Crippen LogP contribution in [0.3, 0.4) is 0 Å². The first-order valence-corrected chi connectivity index (χ1v) is 7.79. The molecule has 2 heterocycles. The number of nitrogens with one attached hydrogen (secondary N) is 4. The predicted molar refractivity (Wildman–Crippen MR) is 93.7 cm³/mol. The average Bonchev–Trinajstić information content (AvgIpc) is 3.24. The van der Waals surface area contributed by atoms with E-state index in [0.717, 1.165) is 22.0 Å². The van der Waals surface area contributed by atoms with E-state index in [0.29, 0.717) is 5.39 Å². The van der Waals surface area contributed by atoms with Gasteiger partial charge in [0.2, 0.25) is 5.91 Å². The van der Waals surface area contributed by atoms with E-state index in [4.69, 9.17) is 0 Å². The maximum atomic E-state index is 12.2. The van der Waals surface area contributed by atoms with Crippen LogP contribution in [0.2, 0.25) is 0 Å². The zero-order valence-electron chi connectivity index (χ0n) is 13.2. The second kappa shape index (κ2) is 6.12. The number of hydrogen-bond donors (Lipinski definition) is 4. The highest BCUT2D eigenvalue weighted by Crippen LogP contribution is 2.18. The van der Waals surface area contributed by atoms with Crippen molar-refractivity contribution in [1.82, 2.24) is 26.0 Å². The van der Waals surface area contributed by atoms with E-state index in [2.05, 4.69) is 26.0 Å². The molecule has 0 saturated heterocycles. The molecule has 25 heavy (non-hydrogen) atoms. The van der Waals surface area contributed by atoms with Gasteiger partial charge in [-0.2, -0.15) is 5.10 Å². The number of nitrogens with zero attached hydrogens (tertiary/aromatic N) is 1. The number of carbonyl (C=O) groups is 2. The molecule has 0 aliphatic carbocycles. The van der Waals surface area contributed by atoms with Crippen molar-refractivity contribution in [3.8, 4) is 0 Å². The van der Waals surface area contributed by atoms with Crippen molar-refractivity contribution in [2.24, 2.45) is 0 Å². The third-order valence-corrected chi connectivity index (χ3v) is 4.03. The number of aromatic nitrogens is 3. The van der Waals surface area contributed by atoms with E-state index in [1.54, 1.807) is 12.3 Å². The van der Waals surface area contributed by atoms with E-state index in [1.807, 2.05) is 42.5 Å². The maximum Gasteiger partial charge on any atom is 0.290 e. The van der Waals surface area contributed by atoms with Crippen LogP contribution in [0, 0.1) is 0 Å². The van der Waals surface area contributed by atoms with E-state index in [9.17, 15) is 9.59 Å². The van der Waals surface area contributed by atoms with Crippen LogP contribution < -0.4 is 10.9 Å². The molecule has 7 heteroatoms. The number of fused-ring (bicyclic) bond motifs is 2. The summed E-state index contributed by atoms with van der Waals surface area (Å²) in [6, 6.07) is 15.0. The van der Waals surface area contributed by atoms with Crippen molar-refractivity contribution in [2.45, 2.75) is 6.42 Å². The van der Waals surface area contributed by atoms with E-state index in [-0.39, 0.29) is 18.0 Å². The molecule has 0 bridgehead atoms. The summed E-state index contributed by atoms with van der Waals surface area (Å²) in [7, 11) is 0. The van der Waals surface area contributed by atoms with Gasteiger partial charge in [-0.3, -0.25) is 25.5 Å². The van der Waals surface area contributed by atoms with Gasteiger partial charge >= 0.3 is 0 Å². The van der Waals surface area contributed by atoms with Crippen molar-refractivity contribution in [3.05, 3.63) is 66.0 Å². The number of aromatic amines is 2. The Hall–Kier alpha value is -3.61. The van der Waals surface area contributed by atoms with Gasteiger partial charge < -0.3 is 4.98 Å². The Morgan fingerprint density at radius 2 is 1.64 bits per heavy atom. The summed E-state index contributed by atoms with van der Waals surface area (Å²) in [6.07, 6.45) is 1.96. The first-order chi connectivity index (χ1) is 12.2. The number of H-pyrrole nitrogens is 2. The zero-order valence-corrected chi connectivity index (χ0v) is 13.2. The lowest BCUT2D eigenvalue weighted by molar-refractivity contribution is -0.121. The van der Waals surface area contributed by atoms with Gasteiger partial charge in [-0.15, -0.1) is 0 Å². The average molecular weight is 333 g/mol. The largest absolute Gasteiger partial charge is 0.361 e. The predicted octanol–water partition coefficient (Wildman–Crippen LogP) is 2.05. The summed E-state index contributed by atoms with van der Waals surface area (Å²) in [5.41, 5.74) is 7.68. The van der Waals surface area contributed by atoms with Crippen molar-refractivity contribution >= 4 is 33.6 Å². The lowest BCUT2D eigenvalue weighted by atomic mass is 10.1. The van der Waals surface area contributed by atoms with Crippen LogP contribution >= 0.6 is 0 Å². The fraction of sp³-hybridized carbons (Fsp3) is 0.0556. The van der Waals surface area contributed by atoms with Gasteiger partial charge in [0.25, 0.3) is 5.91 Å². The van der Waals surface area contributed by atoms with Crippen LogP contribution in [-0.2, 0) is 11.2 Å². The molecule has 0 saturated carbocycles. The molecule has 2 amide bonds. The van der Waals surface area contributed by atoms with Gasteiger partial charge in [-0.05, 0) is 17.7 Å². The summed E-state index contributed by atoms with van der Waals surface area (Å²) < 4.78 is 0. The monoisotopic (exact) mass is 333 g/mol. The van der Waals surface area contributed by atoms with Crippen LogP contribution in [0.5, 0.6) is 0 Å². The number of benzene rings is 2. The zero-order chi connectivity index (χ0) is 17.2. The van der Waals surface area contributed by atoms with Crippen LogP contribution in [-0.4, -0.2) is 27.0 Å². The minimum atomic E-state index is -0.468. The Kier molecular flexibility index (Phi) is 3.66. The van der Waals surface area contributed by atoms with Crippen molar-refractivity contribution in [3.63, 3.8) is 0 Å². The Morgan fingerprint density at radius 1 is 0.920 bits per heavy atom. The number of rotatable bonds is 3. The first kappa shape index (κ1) is 14.9. The topological polar surface area (TPSA) is 103 Å². The number of hydrogen-bond acceptors (Lipinski definition) is 3. The maximum absolute atomic E-state index is 12.2. The minimum Gasteiger partial charge on any atom is -0.361 e. The molecule has 0 atom stereocenters. The van der Waals surface area contributed by atoms with Crippen molar-refractivity contribution in [1.29, 1.82) is 0 Å². The molecule has 4 rings (SSSR count). The Bertz CT molecular complexity index is 1080. The molecule has 2 aromatic heterocycles. The highest BCUT2D eigenvalue weighted by Gasteiger charge is 2.15. The molecule has 0 radical (unpaired) electrons. The van der Waals surface area contributed by atoms with Crippen LogP contribution in [0.4, 0.5) is 0 Å². The normalized spacial score (nSPS) is 10.9. The summed E-state index contributed by atoms with van der Waals surface area (Å²) in [5.74, 6) is -0.775. The highest BCUT2D eigenvalue weighted by atomic mass is 16.2. The third kappa shape index (κ3) is 2.83. The molecule has 7 nitrogen and oxygen atoms in total. The Balaban J connectivity index is 1.42. The lowest BCUT2D eigenvalue weighted by Crippen LogP contribution is -2.42. The highest BCUT2D eigenvalue weighted by molar-refractivity contribution is 6.05. The molecule has 4 N–H and O–H groups in total. The first-order valence-electron chi connectivity index (χ1n) is 7.79. The summed E-state index contributed by atoms with van der Waals surface area (Å²) >= 11 is 0. The van der Waals surface area contributed by atoms with E-state index >= 15 is 0 Å². The number of amides is 2. The van der Waals surface area contributed by atoms with Gasteiger partial charge in [-0.1, -0.05) is 36.4 Å². The Labute approximate surface area is 142 Å². The van der Waals surface area contributed by atoms with Crippen molar-refractivity contribution in [2.75, 3.05) is 0 Å². The molecule has 2 aromatic carbocycles. The SMILES string of the molecule is O=C(Cc1c[nH]c2ccccc12)NNC(=O)c1n[nH]c2ccccc12. The van der Waals surface area contributed by atoms with Gasteiger partial charge in [0, 0.05) is 22.5 Å².